The van der Waals surface area contributed by atoms with Gasteiger partial charge in [0.1, 0.15) is 5.75 Å². The topological polar surface area (TPSA) is 32.3 Å². The van der Waals surface area contributed by atoms with Crippen molar-refractivity contribution < 1.29 is 5.11 Å². The highest BCUT2D eigenvalue weighted by molar-refractivity contribution is 5.26. The molecule has 0 saturated carbocycles. The van der Waals surface area contributed by atoms with Gasteiger partial charge in [0.15, 0.2) is 0 Å². The van der Waals surface area contributed by atoms with Crippen molar-refractivity contribution in [2.75, 3.05) is 6.54 Å². The summed E-state index contributed by atoms with van der Waals surface area (Å²) >= 11 is 0. The molecule has 96 valence electrons. The van der Waals surface area contributed by atoms with Crippen LogP contribution in [0.4, 0.5) is 0 Å². The Morgan fingerprint density at radius 1 is 1.18 bits per heavy atom. The van der Waals surface area contributed by atoms with E-state index in [2.05, 4.69) is 26.1 Å². The Morgan fingerprint density at radius 3 is 2.35 bits per heavy atom. The van der Waals surface area contributed by atoms with E-state index in [0.29, 0.717) is 17.7 Å². The molecule has 0 aliphatic rings. The Labute approximate surface area is 105 Å². The molecular weight excluding hydrogens is 210 g/mol. The monoisotopic (exact) mass is 235 g/mol. The smallest absolute Gasteiger partial charge is 0.115 e. The molecule has 0 aliphatic heterocycles. The fourth-order valence-corrected chi connectivity index (χ4v) is 1.97. The molecule has 0 bridgehead atoms. The molecule has 0 saturated heterocycles. The summed E-state index contributed by atoms with van der Waals surface area (Å²) in [5.41, 5.74) is 1.29. The molecule has 0 aromatic heterocycles. The second-order valence-electron chi connectivity index (χ2n) is 4.82. The molecule has 0 aliphatic carbocycles. The zero-order chi connectivity index (χ0) is 12.7. The average molecular weight is 235 g/mol. The molecule has 17 heavy (non-hydrogen) atoms. The van der Waals surface area contributed by atoms with Crippen molar-refractivity contribution in [3.8, 4) is 5.75 Å². The minimum absolute atomic E-state index is 0.343. The number of rotatable bonds is 7. The second-order valence-corrected chi connectivity index (χ2v) is 4.82. The van der Waals surface area contributed by atoms with Gasteiger partial charge in [-0.15, -0.1) is 0 Å². The summed E-state index contributed by atoms with van der Waals surface area (Å²) in [5, 5.41) is 12.9. The lowest BCUT2D eigenvalue weighted by Gasteiger charge is -2.24. The first-order valence-corrected chi connectivity index (χ1v) is 6.68. The van der Waals surface area contributed by atoms with Gasteiger partial charge in [0.2, 0.25) is 0 Å². The van der Waals surface area contributed by atoms with Gasteiger partial charge in [-0.3, -0.25) is 0 Å². The van der Waals surface area contributed by atoms with Gasteiger partial charge in [-0.2, -0.15) is 0 Å². The maximum absolute atomic E-state index is 9.27. The van der Waals surface area contributed by atoms with Crippen molar-refractivity contribution in [2.45, 2.75) is 46.1 Å². The fourth-order valence-electron chi connectivity index (χ4n) is 1.97. The van der Waals surface area contributed by atoms with Gasteiger partial charge < -0.3 is 10.4 Å². The average Bonchev–Trinajstić information content (AvgIpc) is 2.36. The summed E-state index contributed by atoms with van der Waals surface area (Å²) in [7, 11) is 0. The first kappa shape index (κ1) is 14.0. The van der Waals surface area contributed by atoms with Crippen molar-refractivity contribution in [2.24, 2.45) is 5.92 Å². The van der Waals surface area contributed by atoms with Crippen molar-refractivity contribution in [1.82, 2.24) is 5.32 Å². The van der Waals surface area contributed by atoms with Crippen molar-refractivity contribution in [3.63, 3.8) is 0 Å². The maximum atomic E-state index is 9.27. The zero-order valence-corrected chi connectivity index (χ0v) is 11.2. The molecule has 0 amide bonds. The van der Waals surface area contributed by atoms with E-state index in [0.717, 1.165) is 13.0 Å². The van der Waals surface area contributed by atoms with Gasteiger partial charge >= 0.3 is 0 Å². The molecule has 2 atom stereocenters. The molecule has 1 rings (SSSR count). The van der Waals surface area contributed by atoms with Crippen LogP contribution in [0.2, 0.25) is 0 Å². The standard InChI is InChI=1S/C15H25NO/c1-4-10-16-15(12(3)5-2)11-13-6-8-14(17)9-7-13/h6-9,12,15-17H,4-5,10-11H2,1-3H3. The highest BCUT2D eigenvalue weighted by Crippen LogP contribution is 2.16. The van der Waals surface area contributed by atoms with Crippen LogP contribution in [0, 0.1) is 5.92 Å². The Balaban J connectivity index is 2.61. The van der Waals surface area contributed by atoms with Gasteiger partial charge in [0.25, 0.3) is 0 Å². The van der Waals surface area contributed by atoms with Crippen LogP contribution in [0.25, 0.3) is 0 Å². The summed E-state index contributed by atoms with van der Waals surface area (Å²) in [6.45, 7) is 7.81. The lowest BCUT2D eigenvalue weighted by atomic mass is 9.93. The van der Waals surface area contributed by atoms with Crippen LogP contribution in [0.15, 0.2) is 24.3 Å². The summed E-state index contributed by atoms with van der Waals surface area (Å²) in [6.07, 6.45) is 3.40. The normalized spacial score (nSPS) is 14.5. The van der Waals surface area contributed by atoms with Crippen molar-refractivity contribution in [3.05, 3.63) is 29.8 Å². The number of hydrogen-bond acceptors (Lipinski definition) is 2. The van der Waals surface area contributed by atoms with Gasteiger partial charge in [-0.25, -0.2) is 0 Å². The second kappa shape index (κ2) is 7.33. The van der Waals surface area contributed by atoms with Crippen LogP contribution in [0.1, 0.15) is 39.2 Å². The maximum Gasteiger partial charge on any atom is 0.115 e. The predicted octanol–water partition coefficient (Wildman–Crippen LogP) is 3.35. The van der Waals surface area contributed by atoms with Gasteiger partial charge in [0.05, 0.1) is 0 Å². The van der Waals surface area contributed by atoms with Crippen LogP contribution < -0.4 is 5.32 Å². The third-order valence-electron chi connectivity index (χ3n) is 3.38. The van der Waals surface area contributed by atoms with E-state index in [-0.39, 0.29) is 0 Å². The Morgan fingerprint density at radius 2 is 1.82 bits per heavy atom. The van der Waals surface area contributed by atoms with Crippen LogP contribution >= 0.6 is 0 Å². The number of hydrogen-bond donors (Lipinski definition) is 2. The van der Waals surface area contributed by atoms with E-state index in [4.69, 9.17) is 0 Å². The summed E-state index contributed by atoms with van der Waals surface area (Å²) in [5.74, 6) is 1.02. The highest BCUT2D eigenvalue weighted by Gasteiger charge is 2.15. The minimum Gasteiger partial charge on any atom is -0.508 e. The number of benzene rings is 1. The molecule has 1 aromatic carbocycles. The molecular formula is C15H25NO. The lowest BCUT2D eigenvalue weighted by molar-refractivity contribution is 0.365. The largest absolute Gasteiger partial charge is 0.508 e. The van der Waals surface area contributed by atoms with Crippen LogP contribution in [0.3, 0.4) is 0 Å². The van der Waals surface area contributed by atoms with E-state index in [1.165, 1.54) is 18.4 Å². The molecule has 2 N–H and O–H groups in total. The number of phenols is 1. The lowest BCUT2D eigenvalue weighted by Crippen LogP contribution is -2.37. The van der Waals surface area contributed by atoms with E-state index < -0.39 is 0 Å². The molecule has 2 heteroatoms. The third-order valence-corrected chi connectivity index (χ3v) is 3.38. The molecule has 2 nitrogen and oxygen atoms in total. The summed E-state index contributed by atoms with van der Waals surface area (Å²) in [4.78, 5) is 0. The highest BCUT2D eigenvalue weighted by atomic mass is 16.3. The summed E-state index contributed by atoms with van der Waals surface area (Å²) in [6, 6.07) is 8.09. The van der Waals surface area contributed by atoms with Crippen LogP contribution in [-0.2, 0) is 6.42 Å². The van der Waals surface area contributed by atoms with E-state index >= 15 is 0 Å². The SMILES string of the molecule is CCCNC(Cc1ccc(O)cc1)C(C)CC. The zero-order valence-electron chi connectivity index (χ0n) is 11.2. The predicted molar refractivity (Wildman–Crippen MR) is 73.3 cm³/mol. The van der Waals surface area contributed by atoms with E-state index in [9.17, 15) is 5.11 Å². The molecule has 2 unspecified atom stereocenters. The number of phenolic OH excluding ortho intramolecular Hbond substituents is 1. The first-order valence-electron chi connectivity index (χ1n) is 6.68. The quantitative estimate of drug-likeness (QED) is 0.759. The Bertz CT molecular complexity index is 307. The van der Waals surface area contributed by atoms with Gasteiger partial charge in [-0.05, 0) is 43.0 Å². The molecule has 0 heterocycles. The summed E-state index contributed by atoms with van der Waals surface area (Å²) < 4.78 is 0. The van der Waals surface area contributed by atoms with E-state index in [1.807, 2.05) is 12.1 Å². The van der Waals surface area contributed by atoms with E-state index in [1.54, 1.807) is 12.1 Å². The number of aromatic hydroxyl groups is 1. The fraction of sp³-hybridized carbons (Fsp3) is 0.600. The molecule has 1 aromatic rings. The minimum atomic E-state index is 0.343. The molecule has 0 spiro atoms. The Hall–Kier alpha value is -1.02. The van der Waals surface area contributed by atoms with Crippen LogP contribution in [0.5, 0.6) is 5.75 Å². The van der Waals surface area contributed by atoms with Crippen molar-refractivity contribution >= 4 is 0 Å². The molecule has 0 fully saturated rings. The van der Waals surface area contributed by atoms with Crippen molar-refractivity contribution in [1.29, 1.82) is 0 Å². The Kier molecular flexibility index (Phi) is 6.06. The first-order chi connectivity index (χ1) is 8.17. The van der Waals surface area contributed by atoms with Crippen LogP contribution in [-0.4, -0.2) is 17.7 Å². The van der Waals surface area contributed by atoms with Gasteiger partial charge in [0, 0.05) is 6.04 Å². The van der Waals surface area contributed by atoms with Gasteiger partial charge in [-0.1, -0.05) is 39.3 Å². The number of nitrogens with one attached hydrogen (secondary N) is 1. The third kappa shape index (κ3) is 4.78. The molecule has 0 radical (unpaired) electrons.